The van der Waals surface area contributed by atoms with E-state index in [1.807, 2.05) is 60.7 Å². The Morgan fingerprint density at radius 3 is 1.83 bits per heavy atom. The Balaban J connectivity index is 2.12. The molecule has 2 amide bonds. The van der Waals surface area contributed by atoms with Crippen molar-refractivity contribution >= 4 is 17.8 Å². The maximum Gasteiger partial charge on any atom is 0.315 e. The van der Waals surface area contributed by atoms with Crippen molar-refractivity contribution in [3.63, 3.8) is 0 Å². The summed E-state index contributed by atoms with van der Waals surface area (Å²) < 4.78 is 4.40. The summed E-state index contributed by atoms with van der Waals surface area (Å²) in [4.78, 5) is 35.2. The van der Waals surface area contributed by atoms with Crippen LogP contribution in [-0.2, 0) is 19.1 Å². The minimum Gasteiger partial charge on any atom is -0.469 e. The zero-order valence-corrected chi connectivity index (χ0v) is 13.2. The minimum absolute atomic E-state index is 0.398. The summed E-state index contributed by atoms with van der Waals surface area (Å²) in [6, 6.07) is 18.5. The highest BCUT2D eigenvalue weighted by Crippen LogP contribution is 2.24. The number of rotatable bonds is 5. The highest BCUT2D eigenvalue weighted by Gasteiger charge is 2.23. The van der Waals surface area contributed by atoms with Crippen molar-refractivity contribution in [1.82, 2.24) is 10.9 Å². The third-order valence-electron chi connectivity index (χ3n) is 3.39. The summed E-state index contributed by atoms with van der Waals surface area (Å²) in [5.41, 5.74) is 6.18. The van der Waals surface area contributed by atoms with Gasteiger partial charge in [-0.1, -0.05) is 60.7 Å². The third-order valence-corrected chi connectivity index (χ3v) is 3.39. The molecule has 2 aromatic carbocycles. The normalized spacial score (nSPS) is 10.1. The summed E-state index contributed by atoms with van der Waals surface area (Å²) in [6.45, 7) is 0. The Bertz CT molecular complexity index is 662. The molecule has 0 aromatic heterocycles. The van der Waals surface area contributed by atoms with Gasteiger partial charge in [0.05, 0.1) is 13.0 Å². The van der Waals surface area contributed by atoms with Gasteiger partial charge in [0.1, 0.15) is 6.42 Å². The average Bonchev–Trinajstić information content (AvgIpc) is 2.62. The Hall–Kier alpha value is -3.15. The largest absolute Gasteiger partial charge is 0.469 e. The van der Waals surface area contributed by atoms with Crippen LogP contribution in [0.3, 0.4) is 0 Å². The molecule has 0 aliphatic carbocycles. The molecular weight excluding hydrogens is 308 g/mol. The van der Waals surface area contributed by atoms with Crippen LogP contribution in [0.15, 0.2) is 60.7 Å². The van der Waals surface area contributed by atoms with E-state index in [9.17, 15) is 14.4 Å². The summed E-state index contributed by atoms with van der Waals surface area (Å²) in [5.74, 6) is -2.30. The number of hydrogen-bond acceptors (Lipinski definition) is 4. The number of carbonyl (C=O) groups excluding carboxylic acids is 3. The quantitative estimate of drug-likeness (QED) is 0.496. The number of amides is 2. The second-order valence-electron chi connectivity index (χ2n) is 5.04. The molecular formula is C18H18N2O4. The lowest BCUT2D eigenvalue weighted by molar-refractivity contribution is -0.144. The van der Waals surface area contributed by atoms with Crippen LogP contribution in [0.2, 0.25) is 0 Å². The zero-order chi connectivity index (χ0) is 17.4. The summed E-state index contributed by atoms with van der Waals surface area (Å²) in [5, 5.41) is 0. The molecule has 2 rings (SSSR count). The predicted octanol–water partition coefficient (Wildman–Crippen LogP) is 1.53. The van der Waals surface area contributed by atoms with Crippen molar-refractivity contribution in [3.05, 3.63) is 71.8 Å². The predicted molar refractivity (Wildman–Crippen MR) is 87.6 cm³/mol. The number of hydrogen-bond donors (Lipinski definition) is 2. The van der Waals surface area contributed by atoms with Crippen molar-refractivity contribution in [2.75, 3.05) is 7.11 Å². The first-order chi connectivity index (χ1) is 11.6. The van der Waals surface area contributed by atoms with Gasteiger partial charge in [0, 0.05) is 0 Å². The number of nitrogens with one attached hydrogen (secondary N) is 2. The summed E-state index contributed by atoms with van der Waals surface area (Å²) in [6.07, 6.45) is -0.460. The van der Waals surface area contributed by atoms with Gasteiger partial charge in [0.25, 0.3) is 0 Å². The molecule has 24 heavy (non-hydrogen) atoms. The van der Waals surface area contributed by atoms with E-state index < -0.39 is 30.1 Å². The molecule has 0 radical (unpaired) electrons. The van der Waals surface area contributed by atoms with Crippen LogP contribution in [0.5, 0.6) is 0 Å². The van der Waals surface area contributed by atoms with E-state index in [0.29, 0.717) is 0 Å². The van der Waals surface area contributed by atoms with Gasteiger partial charge in [-0.05, 0) is 11.1 Å². The van der Waals surface area contributed by atoms with Crippen LogP contribution < -0.4 is 10.9 Å². The van der Waals surface area contributed by atoms with Crippen LogP contribution in [0.4, 0.5) is 0 Å². The number of hydrazine groups is 1. The van der Waals surface area contributed by atoms with Crippen molar-refractivity contribution < 1.29 is 19.1 Å². The first-order valence-electron chi connectivity index (χ1n) is 7.37. The van der Waals surface area contributed by atoms with Gasteiger partial charge in [-0.3, -0.25) is 25.2 Å². The van der Waals surface area contributed by atoms with E-state index in [2.05, 4.69) is 15.6 Å². The number of esters is 1. The Morgan fingerprint density at radius 1 is 0.875 bits per heavy atom. The van der Waals surface area contributed by atoms with Gasteiger partial charge in [-0.15, -0.1) is 0 Å². The van der Waals surface area contributed by atoms with Crippen molar-refractivity contribution in [1.29, 1.82) is 0 Å². The number of ether oxygens (including phenoxy) is 1. The molecule has 0 bridgehead atoms. The minimum atomic E-state index is -0.676. The van der Waals surface area contributed by atoms with E-state index in [4.69, 9.17) is 0 Å². The Labute approximate surface area is 139 Å². The molecule has 6 heteroatoms. The average molecular weight is 326 g/mol. The lowest BCUT2D eigenvalue weighted by Gasteiger charge is -2.18. The fourth-order valence-electron chi connectivity index (χ4n) is 2.24. The standard InChI is InChI=1S/C18H18N2O4/c1-24-16(22)12-15(21)19-20-18(23)17(13-8-4-2-5-9-13)14-10-6-3-7-11-14/h2-11,17H,12H2,1H3,(H,19,21)(H,20,23). The lowest BCUT2D eigenvalue weighted by Crippen LogP contribution is -2.44. The molecule has 2 N–H and O–H groups in total. The van der Waals surface area contributed by atoms with Gasteiger partial charge >= 0.3 is 5.97 Å². The summed E-state index contributed by atoms with van der Waals surface area (Å²) in [7, 11) is 1.19. The molecule has 0 heterocycles. The van der Waals surface area contributed by atoms with Crippen molar-refractivity contribution in [3.8, 4) is 0 Å². The molecule has 2 aromatic rings. The first kappa shape index (κ1) is 17.2. The highest BCUT2D eigenvalue weighted by molar-refractivity contribution is 5.96. The summed E-state index contributed by atoms with van der Waals surface area (Å²) >= 11 is 0. The van der Waals surface area contributed by atoms with E-state index in [0.717, 1.165) is 11.1 Å². The molecule has 124 valence electrons. The second kappa shape index (κ2) is 8.47. The second-order valence-corrected chi connectivity index (χ2v) is 5.04. The number of methoxy groups -OCH3 is 1. The molecule has 6 nitrogen and oxygen atoms in total. The molecule has 0 unspecified atom stereocenters. The van der Waals surface area contributed by atoms with Crippen LogP contribution in [-0.4, -0.2) is 24.9 Å². The van der Waals surface area contributed by atoms with E-state index in [1.165, 1.54) is 7.11 Å². The van der Waals surface area contributed by atoms with E-state index >= 15 is 0 Å². The molecule has 0 saturated carbocycles. The fraction of sp³-hybridized carbons (Fsp3) is 0.167. The SMILES string of the molecule is COC(=O)CC(=O)NNC(=O)C(c1ccccc1)c1ccccc1. The lowest BCUT2D eigenvalue weighted by atomic mass is 9.91. The third kappa shape index (κ3) is 4.67. The molecule has 0 fully saturated rings. The van der Waals surface area contributed by atoms with Crippen LogP contribution in [0.25, 0.3) is 0 Å². The number of benzene rings is 2. The smallest absolute Gasteiger partial charge is 0.315 e. The van der Waals surface area contributed by atoms with Crippen LogP contribution >= 0.6 is 0 Å². The van der Waals surface area contributed by atoms with Gasteiger partial charge < -0.3 is 4.74 Å². The maximum absolute atomic E-state index is 12.6. The fourth-order valence-corrected chi connectivity index (χ4v) is 2.24. The maximum atomic E-state index is 12.6. The van der Waals surface area contributed by atoms with Gasteiger partial charge in [-0.2, -0.15) is 0 Å². The molecule has 0 atom stereocenters. The molecule has 0 spiro atoms. The highest BCUT2D eigenvalue weighted by atomic mass is 16.5. The number of carbonyl (C=O) groups is 3. The van der Waals surface area contributed by atoms with Gasteiger partial charge in [0.15, 0.2) is 0 Å². The zero-order valence-electron chi connectivity index (χ0n) is 13.2. The van der Waals surface area contributed by atoms with Gasteiger partial charge in [-0.25, -0.2) is 0 Å². The Kier molecular flexibility index (Phi) is 6.08. The first-order valence-corrected chi connectivity index (χ1v) is 7.37. The monoisotopic (exact) mass is 326 g/mol. The van der Waals surface area contributed by atoms with Crippen molar-refractivity contribution in [2.45, 2.75) is 12.3 Å². The molecule has 0 aliphatic heterocycles. The molecule has 0 aliphatic rings. The van der Waals surface area contributed by atoms with Crippen LogP contribution in [0, 0.1) is 0 Å². The van der Waals surface area contributed by atoms with Crippen molar-refractivity contribution in [2.24, 2.45) is 0 Å². The van der Waals surface area contributed by atoms with Crippen LogP contribution in [0.1, 0.15) is 23.5 Å². The van der Waals surface area contributed by atoms with E-state index in [1.54, 1.807) is 0 Å². The molecule has 0 saturated heterocycles. The van der Waals surface area contributed by atoms with Gasteiger partial charge in [0.2, 0.25) is 11.8 Å². The van der Waals surface area contributed by atoms with E-state index in [-0.39, 0.29) is 0 Å². The topological polar surface area (TPSA) is 84.5 Å². The Morgan fingerprint density at radius 2 is 1.38 bits per heavy atom.